The first-order valence-corrected chi connectivity index (χ1v) is 7.90. The third-order valence-electron chi connectivity index (χ3n) is 4.03. The van der Waals surface area contributed by atoms with Crippen LogP contribution in [-0.2, 0) is 20.8 Å². The molecule has 6 nitrogen and oxygen atoms in total. The van der Waals surface area contributed by atoms with Crippen LogP contribution < -0.4 is 10.2 Å². The number of carboxylic acid groups (broad SMARTS) is 1. The van der Waals surface area contributed by atoms with E-state index in [1.54, 1.807) is 0 Å². The van der Waals surface area contributed by atoms with Crippen LogP contribution in [0.2, 0.25) is 0 Å². The van der Waals surface area contributed by atoms with E-state index in [0.717, 1.165) is 17.7 Å². The molecule has 0 saturated heterocycles. The Morgan fingerprint density at radius 2 is 2.04 bits per heavy atom. The molecule has 2 rings (SSSR count). The second kappa shape index (κ2) is 7.76. The van der Waals surface area contributed by atoms with Gasteiger partial charge in [0, 0.05) is 18.7 Å². The zero-order chi connectivity index (χ0) is 16.8. The number of carbonyl (C=O) groups excluding carboxylic acids is 2. The number of carbonyl (C=O) groups is 3. The number of fused-ring (bicyclic) bond motifs is 1. The maximum atomic E-state index is 12.1. The van der Waals surface area contributed by atoms with Gasteiger partial charge < -0.3 is 15.3 Å². The smallest absolute Gasteiger partial charge is 0.308 e. The van der Waals surface area contributed by atoms with Gasteiger partial charge in [-0.25, -0.2) is 0 Å². The average Bonchev–Trinajstić information content (AvgIpc) is 2.54. The summed E-state index contributed by atoms with van der Waals surface area (Å²) < 4.78 is 0. The number of anilines is 1. The molecule has 0 fully saturated rings. The summed E-state index contributed by atoms with van der Waals surface area (Å²) >= 11 is 0. The number of hydrogen-bond donors (Lipinski definition) is 2. The molecular formula is C17H22N2O4. The maximum Gasteiger partial charge on any atom is 0.308 e. The quantitative estimate of drug-likeness (QED) is 0.799. The molecule has 23 heavy (non-hydrogen) atoms. The van der Waals surface area contributed by atoms with Crippen LogP contribution in [0.25, 0.3) is 0 Å². The van der Waals surface area contributed by atoms with Gasteiger partial charge in [-0.3, -0.25) is 14.4 Å². The van der Waals surface area contributed by atoms with E-state index in [1.807, 2.05) is 31.2 Å². The zero-order valence-corrected chi connectivity index (χ0v) is 13.2. The van der Waals surface area contributed by atoms with E-state index in [-0.39, 0.29) is 24.9 Å². The van der Waals surface area contributed by atoms with Crippen LogP contribution in [-0.4, -0.2) is 36.0 Å². The Bertz CT molecular complexity index is 600. The lowest BCUT2D eigenvalue weighted by atomic mass is 10.0. The Morgan fingerprint density at radius 3 is 2.74 bits per heavy atom. The van der Waals surface area contributed by atoms with E-state index >= 15 is 0 Å². The normalized spacial score (nSPS) is 15.0. The van der Waals surface area contributed by atoms with Gasteiger partial charge >= 0.3 is 5.97 Å². The molecule has 1 aromatic rings. The van der Waals surface area contributed by atoms with Crippen LogP contribution in [0.4, 0.5) is 5.69 Å². The van der Waals surface area contributed by atoms with Crippen molar-refractivity contribution in [2.24, 2.45) is 5.92 Å². The number of nitrogens with zero attached hydrogens (tertiary/aromatic N) is 1. The first-order chi connectivity index (χ1) is 11.0. The number of aliphatic carboxylic acids is 1. The molecule has 0 aliphatic carbocycles. The van der Waals surface area contributed by atoms with Gasteiger partial charge in [-0.1, -0.05) is 31.5 Å². The third-order valence-corrected chi connectivity index (χ3v) is 4.03. The van der Waals surface area contributed by atoms with Crippen molar-refractivity contribution in [3.63, 3.8) is 0 Å². The third kappa shape index (κ3) is 4.31. The molecule has 1 aliphatic rings. The van der Waals surface area contributed by atoms with Gasteiger partial charge in [0.15, 0.2) is 0 Å². The maximum absolute atomic E-state index is 12.1. The Balaban J connectivity index is 1.97. The molecule has 1 aliphatic heterocycles. The highest BCUT2D eigenvalue weighted by Gasteiger charge is 2.26. The van der Waals surface area contributed by atoms with Gasteiger partial charge in [-0.15, -0.1) is 0 Å². The van der Waals surface area contributed by atoms with Crippen molar-refractivity contribution in [3.8, 4) is 0 Å². The van der Waals surface area contributed by atoms with Crippen molar-refractivity contribution in [2.75, 3.05) is 18.0 Å². The number of hydrogen-bond acceptors (Lipinski definition) is 3. The van der Waals surface area contributed by atoms with E-state index in [9.17, 15) is 14.4 Å². The molecule has 6 heteroatoms. The van der Waals surface area contributed by atoms with Crippen LogP contribution in [0.1, 0.15) is 31.7 Å². The van der Waals surface area contributed by atoms with E-state index in [0.29, 0.717) is 19.3 Å². The minimum absolute atomic E-state index is 0.0751. The topological polar surface area (TPSA) is 86.7 Å². The number of rotatable bonds is 7. The summed E-state index contributed by atoms with van der Waals surface area (Å²) in [5, 5.41) is 11.7. The fraction of sp³-hybridized carbons (Fsp3) is 0.471. The molecular weight excluding hydrogens is 296 g/mol. The van der Waals surface area contributed by atoms with Crippen molar-refractivity contribution >= 4 is 23.5 Å². The van der Waals surface area contributed by atoms with Gasteiger partial charge in [-0.2, -0.15) is 0 Å². The van der Waals surface area contributed by atoms with Crippen molar-refractivity contribution in [2.45, 2.75) is 32.6 Å². The van der Waals surface area contributed by atoms with Crippen LogP contribution in [0.15, 0.2) is 24.3 Å². The van der Waals surface area contributed by atoms with Crippen molar-refractivity contribution in [1.29, 1.82) is 0 Å². The van der Waals surface area contributed by atoms with Gasteiger partial charge in [0.2, 0.25) is 11.8 Å². The van der Waals surface area contributed by atoms with Crippen LogP contribution in [0, 0.1) is 5.92 Å². The summed E-state index contributed by atoms with van der Waals surface area (Å²) in [5.41, 5.74) is 1.82. The number of nitrogens with one attached hydrogen (secondary N) is 1. The van der Waals surface area contributed by atoms with Crippen molar-refractivity contribution < 1.29 is 19.5 Å². The van der Waals surface area contributed by atoms with Crippen LogP contribution in [0.5, 0.6) is 0 Å². The van der Waals surface area contributed by atoms with Crippen molar-refractivity contribution in [3.05, 3.63) is 29.8 Å². The van der Waals surface area contributed by atoms with Gasteiger partial charge in [-0.05, 0) is 24.5 Å². The largest absolute Gasteiger partial charge is 0.481 e. The molecule has 1 unspecified atom stereocenters. The predicted octanol–water partition coefficient (Wildman–Crippen LogP) is 1.58. The minimum atomic E-state index is -0.911. The highest BCUT2D eigenvalue weighted by atomic mass is 16.4. The molecule has 0 radical (unpaired) electrons. The standard InChI is InChI=1S/C17H22N2O4/c1-2-5-13(17(22)23)10-18-15(20)11-19-14-7-4-3-6-12(14)8-9-16(19)21/h3-4,6-7,13H,2,5,8-11H2,1H3,(H,18,20)(H,22,23). The average molecular weight is 318 g/mol. The fourth-order valence-corrected chi connectivity index (χ4v) is 2.77. The SMILES string of the molecule is CCCC(CNC(=O)CN1C(=O)CCc2ccccc21)C(=O)O. The summed E-state index contributed by atoms with van der Waals surface area (Å²) in [6.45, 7) is 1.92. The summed E-state index contributed by atoms with van der Waals surface area (Å²) in [6, 6.07) is 7.53. The molecule has 2 amide bonds. The summed E-state index contributed by atoms with van der Waals surface area (Å²) in [6.07, 6.45) is 2.33. The summed E-state index contributed by atoms with van der Waals surface area (Å²) in [4.78, 5) is 36.8. The van der Waals surface area contributed by atoms with E-state index in [4.69, 9.17) is 5.11 Å². The first kappa shape index (κ1) is 17.0. The monoisotopic (exact) mass is 318 g/mol. The molecule has 0 saturated carbocycles. The highest BCUT2D eigenvalue weighted by molar-refractivity contribution is 6.01. The number of carboxylic acids is 1. The predicted molar refractivity (Wildman–Crippen MR) is 86.2 cm³/mol. The molecule has 0 bridgehead atoms. The lowest BCUT2D eigenvalue weighted by Gasteiger charge is -2.29. The summed E-state index contributed by atoms with van der Waals surface area (Å²) in [7, 11) is 0. The lowest BCUT2D eigenvalue weighted by molar-refractivity contribution is -0.142. The van der Waals surface area contributed by atoms with Gasteiger partial charge in [0.1, 0.15) is 6.54 Å². The van der Waals surface area contributed by atoms with E-state index < -0.39 is 11.9 Å². The second-order valence-corrected chi connectivity index (χ2v) is 5.74. The number of para-hydroxylation sites is 1. The second-order valence-electron chi connectivity index (χ2n) is 5.74. The zero-order valence-electron chi connectivity index (χ0n) is 13.2. The molecule has 0 aromatic heterocycles. The number of amides is 2. The van der Waals surface area contributed by atoms with E-state index in [1.165, 1.54) is 4.90 Å². The molecule has 2 N–H and O–H groups in total. The Morgan fingerprint density at radius 1 is 1.30 bits per heavy atom. The van der Waals surface area contributed by atoms with Gasteiger partial charge in [0.05, 0.1) is 5.92 Å². The van der Waals surface area contributed by atoms with Crippen LogP contribution >= 0.6 is 0 Å². The molecule has 1 aromatic carbocycles. The van der Waals surface area contributed by atoms with E-state index in [2.05, 4.69) is 5.32 Å². The Hall–Kier alpha value is -2.37. The highest BCUT2D eigenvalue weighted by Crippen LogP contribution is 2.27. The lowest BCUT2D eigenvalue weighted by Crippen LogP contribution is -2.44. The molecule has 0 spiro atoms. The Kier molecular flexibility index (Phi) is 5.73. The number of benzene rings is 1. The van der Waals surface area contributed by atoms with Crippen LogP contribution in [0.3, 0.4) is 0 Å². The Labute approximate surface area is 135 Å². The fourth-order valence-electron chi connectivity index (χ4n) is 2.77. The first-order valence-electron chi connectivity index (χ1n) is 7.90. The summed E-state index contributed by atoms with van der Waals surface area (Å²) in [5.74, 6) is -1.92. The van der Waals surface area contributed by atoms with Gasteiger partial charge in [0.25, 0.3) is 0 Å². The number of aryl methyl sites for hydroxylation is 1. The molecule has 124 valence electrons. The van der Waals surface area contributed by atoms with Crippen molar-refractivity contribution in [1.82, 2.24) is 5.32 Å². The molecule has 1 atom stereocenters. The minimum Gasteiger partial charge on any atom is -0.481 e. The molecule has 1 heterocycles.